The van der Waals surface area contributed by atoms with Crippen LogP contribution in [0.1, 0.15) is 30.5 Å². The lowest BCUT2D eigenvalue weighted by Gasteiger charge is -2.20. The van der Waals surface area contributed by atoms with Gasteiger partial charge in [0.1, 0.15) is 5.75 Å². The van der Waals surface area contributed by atoms with Gasteiger partial charge in [0, 0.05) is 6.04 Å². The molecule has 2 aromatic carbocycles. The molecule has 20 heavy (non-hydrogen) atoms. The first-order valence-corrected chi connectivity index (χ1v) is 7.32. The molecule has 0 amide bonds. The number of nitrogens with one attached hydrogen (secondary N) is 1. The van der Waals surface area contributed by atoms with Gasteiger partial charge < -0.3 is 10.1 Å². The number of fused-ring (bicyclic) bond motifs is 1. The van der Waals surface area contributed by atoms with Crippen LogP contribution in [0.3, 0.4) is 0 Å². The van der Waals surface area contributed by atoms with Crippen LogP contribution in [0.5, 0.6) is 5.75 Å². The Morgan fingerprint density at radius 2 is 2.00 bits per heavy atom. The topological polar surface area (TPSA) is 21.3 Å². The maximum absolute atomic E-state index is 5.70. The molecule has 1 aliphatic heterocycles. The third kappa shape index (κ3) is 2.44. The molecule has 1 atom stereocenters. The molecule has 0 saturated heterocycles. The summed E-state index contributed by atoms with van der Waals surface area (Å²) in [5, 5.41) is 3.33. The maximum Gasteiger partial charge on any atom is 0.122 e. The molecular formula is C18H21NO. The maximum atomic E-state index is 5.70. The fraction of sp³-hybridized carbons (Fsp3) is 0.333. The normalized spacial score (nSPS) is 15.3. The van der Waals surface area contributed by atoms with Crippen LogP contribution in [0.4, 0.5) is 0 Å². The molecule has 2 heteroatoms. The van der Waals surface area contributed by atoms with Crippen molar-refractivity contribution in [1.82, 2.24) is 5.32 Å². The molecule has 0 aliphatic carbocycles. The largest absolute Gasteiger partial charge is 0.493 e. The molecule has 2 aromatic rings. The van der Waals surface area contributed by atoms with Crippen LogP contribution in [-0.4, -0.2) is 13.7 Å². The van der Waals surface area contributed by atoms with Gasteiger partial charge in [0.15, 0.2) is 0 Å². The lowest BCUT2D eigenvalue weighted by atomic mass is 9.93. The minimum atomic E-state index is 0.346. The van der Waals surface area contributed by atoms with Crippen LogP contribution in [0, 0.1) is 0 Å². The summed E-state index contributed by atoms with van der Waals surface area (Å²) in [4.78, 5) is 0. The molecule has 0 radical (unpaired) electrons. The zero-order chi connectivity index (χ0) is 13.9. The summed E-state index contributed by atoms with van der Waals surface area (Å²) in [5.74, 6) is 1.05. The fourth-order valence-corrected chi connectivity index (χ4v) is 2.82. The van der Waals surface area contributed by atoms with Crippen molar-refractivity contribution in [2.24, 2.45) is 0 Å². The zero-order valence-electron chi connectivity index (χ0n) is 12.1. The summed E-state index contributed by atoms with van der Waals surface area (Å²) < 4.78 is 5.70. The summed E-state index contributed by atoms with van der Waals surface area (Å²) in [6, 6.07) is 15.5. The van der Waals surface area contributed by atoms with Gasteiger partial charge in [-0.05, 0) is 61.2 Å². The number of benzene rings is 2. The number of hydrogen-bond acceptors (Lipinski definition) is 2. The zero-order valence-corrected chi connectivity index (χ0v) is 12.1. The van der Waals surface area contributed by atoms with Gasteiger partial charge in [-0.15, -0.1) is 0 Å². The number of rotatable bonds is 3. The Kier molecular flexibility index (Phi) is 3.75. The third-order valence-electron chi connectivity index (χ3n) is 4.08. The van der Waals surface area contributed by atoms with Crippen LogP contribution in [0.15, 0.2) is 42.5 Å². The molecule has 104 valence electrons. The van der Waals surface area contributed by atoms with Gasteiger partial charge in [0.2, 0.25) is 0 Å². The van der Waals surface area contributed by atoms with E-state index in [9.17, 15) is 0 Å². The van der Waals surface area contributed by atoms with E-state index >= 15 is 0 Å². The van der Waals surface area contributed by atoms with Crippen LogP contribution in [0.2, 0.25) is 0 Å². The summed E-state index contributed by atoms with van der Waals surface area (Å²) in [7, 11) is 2.00. The van der Waals surface area contributed by atoms with Crippen molar-refractivity contribution in [3.63, 3.8) is 0 Å². The van der Waals surface area contributed by atoms with E-state index in [4.69, 9.17) is 4.74 Å². The molecule has 1 aliphatic rings. The van der Waals surface area contributed by atoms with Crippen LogP contribution >= 0.6 is 0 Å². The average Bonchev–Trinajstić information content (AvgIpc) is 2.53. The molecule has 0 spiro atoms. The van der Waals surface area contributed by atoms with E-state index in [2.05, 4.69) is 54.7 Å². The number of ether oxygens (including phenoxy) is 1. The van der Waals surface area contributed by atoms with Gasteiger partial charge in [0.25, 0.3) is 0 Å². The van der Waals surface area contributed by atoms with Gasteiger partial charge in [-0.25, -0.2) is 0 Å². The van der Waals surface area contributed by atoms with E-state index < -0.39 is 0 Å². The van der Waals surface area contributed by atoms with Gasteiger partial charge in [0.05, 0.1) is 6.61 Å². The molecule has 1 unspecified atom stereocenters. The quantitative estimate of drug-likeness (QED) is 0.909. The van der Waals surface area contributed by atoms with Crippen molar-refractivity contribution < 1.29 is 4.74 Å². The van der Waals surface area contributed by atoms with E-state index in [1.807, 2.05) is 7.05 Å². The summed E-state index contributed by atoms with van der Waals surface area (Å²) >= 11 is 0. The number of hydrogen-bond donors (Lipinski definition) is 1. The Morgan fingerprint density at radius 3 is 2.85 bits per heavy atom. The third-order valence-corrected chi connectivity index (χ3v) is 4.08. The predicted octanol–water partition coefficient (Wildman–Crippen LogP) is 3.96. The molecule has 0 aromatic heterocycles. The second-order valence-corrected chi connectivity index (χ2v) is 5.37. The first-order chi connectivity index (χ1) is 9.79. The van der Waals surface area contributed by atoms with Gasteiger partial charge >= 0.3 is 0 Å². The Hall–Kier alpha value is -1.80. The average molecular weight is 267 g/mol. The fourth-order valence-electron chi connectivity index (χ4n) is 2.82. The number of aryl methyl sites for hydroxylation is 1. The molecular weight excluding hydrogens is 246 g/mol. The van der Waals surface area contributed by atoms with Crippen LogP contribution < -0.4 is 10.1 Å². The van der Waals surface area contributed by atoms with E-state index in [0.29, 0.717) is 6.04 Å². The summed E-state index contributed by atoms with van der Waals surface area (Å²) in [5.41, 5.74) is 5.27. The van der Waals surface area contributed by atoms with Crippen molar-refractivity contribution in [3.8, 4) is 16.9 Å². The van der Waals surface area contributed by atoms with E-state index in [1.54, 1.807) is 0 Å². The highest BCUT2D eigenvalue weighted by Crippen LogP contribution is 2.33. The first kappa shape index (κ1) is 13.2. The second-order valence-electron chi connectivity index (χ2n) is 5.37. The van der Waals surface area contributed by atoms with E-state index in [0.717, 1.165) is 25.2 Å². The SMILES string of the molecule is CNC(C)c1ccccc1-c1ccc2c(c1)CCCO2. The highest BCUT2D eigenvalue weighted by molar-refractivity contribution is 5.70. The minimum absolute atomic E-state index is 0.346. The van der Waals surface area contributed by atoms with Gasteiger partial charge in [-0.1, -0.05) is 30.3 Å². The Bertz CT molecular complexity index is 606. The van der Waals surface area contributed by atoms with Crippen LogP contribution in [0.25, 0.3) is 11.1 Å². The Labute approximate surface area is 120 Å². The van der Waals surface area contributed by atoms with E-state index in [1.165, 1.54) is 22.3 Å². The van der Waals surface area contributed by atoms with E-state index in [-0.39, 0.29) is 0 Å². The second kappa shape index (κ2) is 5.68. The van der Waals surface area contributed by atoms with Crippen LogP contribution in [-0.2, 0) is 6.42 Å². The summed E-state index contributed by atoms with van der Waals surface area (Å²) in [6.45, 7) is 3.04. The molecule has 0 saturated carbocycles. The smallest absolute Gasteiger partial charge is 0.122 e. The first-order valence-electron chi connectivity index (χ1n) is 7.32. The highest BCUT2D eigenvalue weighted by Gasteiger charge is 2.14. The Balaban J connectivity index is 2.05. The van der Waals surface area contributed by atoms with Gasteiger partial charge in [-0.2, -0.15) is 0 Å². The highest BCUT2D eigenvalue weighted by atomic mass is 16.5. The standard InChI is InChI=1S/C18H21NO/c1-13(19-2)16-7-3-4-8-17(16)14-9-10-18-15(12-14)6-5-11-20-18/h3-4,7-10,12-13,19H,5-6,11H2,1-2H3. The van der Waals surface area contributed by atoms with Crippen molar-refractivity contribution in [3.05, 3.63) is 53.6 Å². The lowest BCUT2D eigenvalue weighted by molar-refractivity contribution is 0.288. The molecule has 1 heterocycles. The van der Waals surface area contributed by atoms with Crippen molar-refractivity contribution in [2.45, 2.75) is 25.8 Å². The molecule has 0 bridgehead atoms. The molecule has 0 fully saturated rings. The van der Waals surface area contributed by atoms with Crippen molar-refractivity contribution >= 4 is 0 Å². The lowest BCUT2D eigenvalue weighted by Crippen LogP contribution is -2.13. The van der Waals surface area contributed by atoms with Crippen molar-refractivity contribution in [1.29, 1.82) is 0 Å². The van der Waals surface area contributed by atoms with Crippen molar-refractivity contribution in [2.75, 3.05) is 13.7 Å². The molecule has 1 N–H and O–H groups in total. The van der Waals surface area contributed by atoms with Gasteiger partial charge in [-0.3, -0.25) is 0 Å². The summed E-state index contributed by atoms with van der Waals surface area (Å²) in [6.07, 6.45) is 2.23. The monoisotopic (exact) mass is 267 g/mol. The molecule has 2 nitrogen and oxygen atoms in total. The minimum Gasteiger partial charge on any atom is -0.493 e. The molecule has 3 rings (SSSR count). The predicted molar refractivity (Wildman–Crippen MR) is 83.2 cm³/mol. The Morgan fingerprint density at radius 1 is 1.15 bits per heavy atom.